The van der Waals surface area contributed by atoms with E-state index in [0.29, 0.717) is 17.5 Å². The minimum Gasteiger partial charge on any atom is -0.370 e. The number of carbonyl (C=O) groups excluding carboxylic acids is 1. The van der Waals surface area contributed by atoms with Crippen LogP contribution in [0.5, 0.6) is 0 Å². The van der Waals surface area contributed by atoms with Gasteiger partial charge in [-0.3, -0.25) is 4.79 Å². The summed E-state index contributed by atoms with van der Waals surface area (Å²) in [6.07, 6.45) is 5.25. The molecular formula is C14H19N3O3S. The summed E-state index contributed by atoms with van der Waals surface area (Å²) in [5.74, 6) is -1.02. The molecule has 0 bridgehead atoms. The van der Waals surface area contributed by atoms with Crippen LogP contribution in [0.4, 0.5) is 0 Å². The van der Waals surface area contributed by atoms with Crippen molar-refractivity contribution in [3.05, 3.63) is 41.0 Å². The third kappa shape index (κ3) is 4.42. The molecule has 7 heteroatoms. The van der Waals surface area contributed by atoms with E-state index >= 15 is 0 Å². The van der Waals surface area contributed by atoms with Gasteiger partial charge in [-0.25, -0.2) is 8.42 Å². The molecule has 1 aromatic rings. The molecule has 0 aliphatic carbocycles. The Bertz CT molecular complexity index is 715. The van der Waals surface area contributed by atoms with E-state index < -0.39 is 15.7 Å². The lowest BCUT2D eigenvalue weighted by Crippen LogP contribution is -2.24. The van der Waals surface area contributed by atoms with E-state index in [-0.39, 0.29) is 16.4 Å². The number of nitrogens with zero attached hydrogens (tertiary/aromatic N) is 1. The first-order valence-corrected chi connectivity index (χ1v) is 8.14. The van der Waals surface area contributed by atoms with E-state index in [1.165, 1.54) is 6.07 Å². The van der Waals surface area contributed by atoms with Crippen molar-refractivity contribution in [2.45, 2.75) is 25.2 Å². The van der Waals surface area contributed by atoms with E-state index in [2.05, 4.69) is 4.99 Å². The molecule has 0 heterocycles. The maximum absolute atomic E-state index is 11.9. The molecule has 0 saturated heterocycles. The summed E-state index contributed by atoms with van der Waals surface area (Å²) in [5.41, 5.74) is 11.8. The van der Waals surface area contributed by atoms with Gasteiger partial charge in [0.2, 0.25) is 0 Å². The van der Waals surface area contributed by atoms with Gasteiger partial charge < -0.3 is 11.5 Å². The van der Waals surface area contributed by atoms with Crippen molar-refractivity contribution in [1.82, 2.24) is 0 Å². The molecule has 1 amide bonds. The van der Waals surface area contributed by atoms with Gasteiger partial charge in [0.1, 0.15) is 0 Å². The number of hydrogen-bond acceptors (Lipinski definition) is 3. The number of rotatable bonds is 4. The number of aliphatic imine (C=N–C) groups is 1. The molecule has 1 rings (SSSR count). The van der Waals surface area contributed by atoms with Crippen molar-refractivity contribution in [2.75, 3.05) is 6.26 Å². The topological polar surface area (TPSA) is 116 Å². The number of allylic oxidation sites excluding steroid dienone is 2. The highest BCUT2D eigenvalue weighted by atomic mass is 32.2. The van der Waals surface area contributed by atoms with Crippen molar-refractivity contribution >= 4 is 21.7 Å². The van der Waals surface area contributed by atoms with Crippen molar-refractivity contribution in [2.24, 2.45) is 16.5 Å². The number of benzene rings is 1. The predicted molar refractivity (Wildman–Crippen MR) is 82.9 cm³/mol. The van der Waals surface area contributed by atoms with Gasteiger partial charge in [0.25, 0.3) is 5.91 Å². The van der Waals surface area contributed by atoms with Crippen molar-refractivity contribution in [3.63, 3.8) is 0 Å². The minimum absolute atomic E-state index is 0.111. The van der Waals surface area contributed by atoms with Crippen LogP contribution in [-0.4, -0.2) is 26.5 Å². The second-order valence-electron chi connectivity index (χ2n) is 4.66. The maximum Gasteiger partial charge on any atom is 0.280 e. The largest absolute Gasteiger partial charge is 0.370 e. The summed E-state index contributed by atoms with van der Waals surface area (Å²) in [6.45, 7) is 3.56. The average molecular weight is 309 g/mol. The van der Waals surface area contributed by atoms with Gasteiger partial charge in [0, 0.05) is 11.8 Å². The van der Waals surface area contributed by atoms with Gasteiger partial charge in [0.15, 0.2) is 15.8 Å². The van der Waals surface area contributed by atoms with Crippen molar-refractivity contribution in [3.8, 4) is 0 Å². The van der Waals surface area contributed by atoms with E-state index in [1.54, 1.807) is 13.0 Å². The molecule has 0 fully saturated rings. The molecule has 0 unspecified atom stereocenters. The fourth-order valence-corrected chi connectivity index (χ4v) is 2.86. The van der Waals surface area contributed by atoms with Gasteiger partial charge in [0.05, 0.1) is 4.90 Å². The first kappa shape index (κ1) is 16.9. The molecule has 0 radical (unpaired) electrons. The van der Waals surface area contributed by atoms with Crippen molar-refractivity contribution in [1.29, 1.82) is 0 Å². The van der Waals surface area contributed by atoms with Crippen LogP contribution in [0.3, 0.4) is 0 Å². The van der Waals surface area contributed by atoms with E-state index in [1.807, 2.05) is 19.1 Å². The number of aryl methyl sites for hydroxylation is 1. The number of guanidine groups is 1. The van der Waals surface area contributed by atoms with Crippen molar-refractivity contribution < 1.29 is 13.2 Å². The van der Waals surface area contributed by atoms with E-state index in [4.69, 9.17) is 11.5 Å². The lowest BCUT2D eigenvalue weighted by Gasteiger charge is -2.11. The number of sulfone groups is 1. The van der Waals surface area contributed by atoms with Gasteiger partial charge in [-0.05, 0) is 37.5 Å². The minimum atomic E-state index is -3.46. The molecule has 0 aliphatic heterocycles. The Morgan fingerprint density at radius 3 is 2.43 bits per heavy atom. The third-order valence-corrected chi connectivity index (χ3v) is 4.02. The predicted octanol–water partition coefficient (Wildman–Crippen LogP) is 0.931. The molecule has 0 aromatic heterocycles. The molecule has 0 atom stereocenters. The lowest BCUT2D eigenvalue weighted by atomic mass is 10.0. The zero-order valence-electron chi connectivity index (χ0n) is 12.3. The fraction of sp³-hybridized carbons (Fsp3) is 0.286. The van der Waals surface area contributed by atoms with Gasteiger partial charge >= 0.3 is 0 Å². The Labute approximate surface area is 124 Å². The summed E-state index contributed by atoms with van der Waals surface area (Å²) in [7, 11) is -3.46. The number of nitrogens with two attached hydrogens (primary N) is 2. The quantitative estimate of drug-likeness (QED) is 0.487. The molecule has 21 heavy (non-hydrogen) atoms. The second-order valence-corrected chi connectivity index (χ2v) is 6.65. The van der Waals surface area contributed by atoms with E-state index in [9.17, 15) is 13.2 Å². The van der Waals surface area contributed by atoms with Gasteiger partial charge in [-0.1, -0.05) is 18.2 Å². The smallest absolute Gasteiger partial charge is 0.280 e. The highest BCUT2D eigenvalue weighted by Crippen LogP contribution is 2.23. The monoisotopic (exact) mass is 309 g/mol. The molecule has 114 valence electrons. The van der Waals surface area contributed by atoms with Gasteiger partial charge in [-0.2, -0.15) is 4.99 Å². The van der Waals surface area contributed by atoms with Crippen LogP contribution in [-0.2, 0) is 16.3 Å². The molecule has 4 N–H and O–H groups in total. The molecular weight excluding hydrogens is 290 g/mol. The molecule has 6 nitrogen and oxygen atoms in total. The van der Waals surface area contributed by atoms with Crippen LogP contribution in [0.1, 0.15) is 28.4 Å². The molecule has 0 saturated carbocycles. The fourth-order valence-electron chi connectivity index (χ4n) is 1.91. The van der Waals surface area contributed by atoms with Gasteiger partial charge in [-0.15, -0.1) is 0 Å². The Kier molecular flexibility index (Phi) is 5.26. The number of carbonyl (C=O) groups is 1. The summed E-state index contributed by atoms with van der Waals surface area (Å²) in [5, 5.41) is 0. The van der Waals surface area contributed by atoms with Crippen LogP contribution >= 0.6 is 0 Å². The zero-order chi connectivity index (χ0) is 16.2. The molecule has 0 spiro atoms. The highest BCUT2D eigenvalue weighted by Gasteiger charge is 2.18. The first-order valence-electron chi connectivity index (χ1n) is 6.25. The number of hydrogen-bond donors (Lipinski definition) is 2. The van der Waals surface area contributed by atoms with Crippen LogP contribution in [0.15, 0.2) is 34.2 Å². The Morgan fingerprint density at radius 2 is 1.95 bits per heavy atom. The highest BCUT2D eigenvalue weighted by molar-refractivity contribution is 7.90. The summed E-state index contributed by atoms with van der Waals surface area (Å²) >= 11 is 0. The van der Waals surface area contributed by atoms with Crippen LogP contribution in [0.2, 0.25) is 0 Å². The average Bonchev–Trinajstić information content (AvgIpc) is 2.33. The third-order valence-electron chi connectivity index (χ3n) is 2.84. The molecule has 0 aliphatic rings. The Balaban J connectivity index is 3.52. The Hall–Kier alpha value is -2.15. The maximum atomic E-state index is 11.9. The van der Waals surface area contributed by atoms with Crippen LogP contribution in [0, 0.1) is 6.92 Å². The van der Waals surface area contributed by atoms with Crippen LogP contribution < -0.4 is 11.5 Å². The SMILES string of the molecule is C/C=C/Cc1cc(C)c(C(=O)N=C(N)N)cc1S(C)(=O)=O. The normalized spacial score (nSPS) is 11.6. The Morgan fingerprint density at radius 1 is 1.33 bits per heavy atom. The van der Waals surface area contributed by atoms with Crippen LogP contribution in [0.25, 0.3) is 0 Å². The second kappa shape index (κ2) is 6.53. The standard InChI is InChI=1S/C14H19N3O3S/c1-4-5-6-10-7-9(2)11(13(18)17-14(15)16)8-12(10)21(3,19)20/h4-5,7-8H,6H2,1-3H3,(H4,15,16,17,18)/b5-4+. The zero-order valence-corrected chi connectivity index (χ0v) is 13.1. The summed E-state index contributed by atoms with van der Waals surface area (Å²) in [6, 6.07) is 3.00. The van der Waals surface area contributed by atoms with E-state index in [0.717, 1.165) is 6.26 Å². The molecule has 1 aromatic carbocycles. The first-order chi connectivity index (χ1) is 9.66. The number of amides is 1. The summed E-state index contributed by atoms with van der Waals surface area (Å²) in [4.78, 5) is 15.5. The lowest BCUT2D eigenvalue weighted by molar-refractivity contribution is 0.100. The summed E-state index contributed by atoms with van der Waals surface area (Å²) < 4.78 is 23.8.